The van der Waals surface area contributed by atoms with E-state index in [4.69, 9.17) is 0 Å². The first kappa shape index (κ1) is 8.28. The number of nitrogens with one attached hydrogen (secondary N) is 1. The molecule has 0 aliphatic heterocycles. The molecule has 0 bridgehead atoms. The standard InChI is InChI=1S/C6H9N.Na/c1-5-3-7-4-6(5)2;/h3-4,7H,1-2H3;. The Morgan fingerprint density at radius 1 is 1.12 bits per heavy atom. The fourth-order valence-electron chi connectivity index (χ4n) is 0.519. The zero-order valence-corrected chi connectivity index (χ0v) is 7.65. The molecule has 1 nitrogen and oxygen atoms in total. The molecule has 0 saturated carbocycles. The molecule has 2 heteroatoms. The molecule has 0 saturated heterocycles. The molecule has 0 aromatic carbocycles. The Morgan fingerprint density at radius 3 is 1.62 bits per heavy atom. The fourth-order valence-corrected chi connectivity index (χ4v) is 0.519. The van der Waals surface area contributed by atoms with Crippen LogP contribution in [0.5, 0.6) is 0 Å². The SMILES string of the molecule is Cc1c[nH]cc1C.[Na]. The van der Waals surface area contributed by atoms with Gasteiger partial charge in [-0.05, 0) is 25.0 Å². The summed E-state index contributed by atoms with van der Waals surface area (Å²) in [5.74, 6) is 0. The molecule has 0 fully saturated rings. The molecule has 8 heavy (non-hydrogen) atoms. The number of H-pyrrole nitrogens is 1. The molecular weight excluding hydrogens is 109 g/mol. The molecule has 1 radical (unpaired) electrons. The summed E-state index contributed by atoms with van der Waals surface area (Å²) in [6.07, 6.45) is 3.99. The van der Waals surface area contributed by atoms with Crippen LogP contribution in [0.15, 0.2) is 12.4 Å². The quantitative estimate of drug-likeness (QED) is 0.493. The Bertz CT molecular complexity index is 141. The molecule has 1 aromatic heterocycles. The molecule has 39 valence electrons. The van der Waals surface area contributed by atoms with Crippen molar-refractivity contribution in [3.8, 4) is 0 Å². The van der Waals surface area contributed by atoms with Gasteiger partial charge in [0.2, 0.25) is 0 Å². The van der Waals surface area contributed by atoms with Crippen molar-refractivity contribution < 1.29 is 0 Å². The van der Waals surface area contributed by atoms with Gasteiger partial charge >= 0.3 is 0 Å². The van der Waals surface area contributed by atoms with E-state index >= 15 is 0 Å². The largest absolute Gasteiger partial charge is 0.367 e. The van der Waals surface area contributed by atoms with E-state index in [1.54, 1.807) is 0 Å². The first-order valence-electron chi connectivity index (χ1n) is 2.40. The molecule has 0 atom stereocenters. The minimum absolute atomic E-state index is 0. The second kappa shape index (κ2) is 3.33. The summed E-state index contributed by atoms with van der Waals surface area (Å²) < 4.78 is 0. The van der Waals surface area contributed by atoms with Crippen LogP contribution < -0.4 is 0 Å². The van der Waals surface area contributed by atoms with Crippen molar-refractivity contribution in [1.82, 2.24) is 4.98 Å². The molecule has 0 unspecified atom stereocenters. The smallest absolute Gasteiger partial charge is 0.00372 e. The number of hydrogen-bond donors (Lipinski definition) is 1. The molecule has 1 rings (SSSR count). The van der Waals surface area contributed by atoms with E-state index < -0.39 is 0 Å². The normalized spacial score (nSPS) is 8.25. The van der Waals surface area contributed by atoms with Crippen molar-refractivity contribution in [3.05, 3.63) is 23.5 Å². The number of rotatable bonds is 0. The fraction of sp³-hybridized carbons (Fsp3) is 0.333. The average Bonchev–Trinajstić information content (AvgIpc) is 1.91. The predicted molar refractivity (Wildman–Crippen MR) is 36.0 cm³/mol. The van der Waals surface area contributed by atoms with Crippen LogP contribution in [-0.4, -0.2) is 34.5 Å². The van der Waals surface area contributed by atoms with Gasteiger partial charge in [-0.3, -0.25) is 0 Å². The summed E-state index contributed by atoms with van der Waals surface area (Å²) in [6.45, 7) is 4.18. The van der Waals surface area contributed by atoms with Gasteiger partial charge in [0.25, 0.3) is 0 Å². The summed E-state index contributed by atoms with van der Waals surface area (Å²) in [7, 11) is 0. The Hall–Kier alpha value is 0.280. The van der Waals surface area contributed by atoms with Gasteiger partial charge in [0, 0.05) is 42.0 Å². The first-order valence-corrected chi connectivity index (χ1v) is 2.40. The van der Waals surface area contributed by atoms with Crippen LogP contribution in [0.3, 0.4) is 0 Å². The summed E-state index contributed by atoms with van der Waals surface area (Å²) in [6, 6.07) is 0. The molecule has 1 heterocycles. The minimum atomic E-state index is 0. The Kier molecular flexibility index (Phi) is 3.45. The Morgan fingerprint density at radius 2 is 1.50 bits per heavy atom. The van der Waals surface area contributed by atoms with Crippen LogP contribution in [0.1, 0.15) is 11.1 Å². The maximum absolute atomic E-state index is 3.00. The predicted octanol–water partition coefficient (Wildman–Crippen LogP) is 1.25. The van der Waals surface area contributed by atoms with Gasteiger partial charge < -0.3 is 4.98 Å². The third-order valence-electron chi connectivity index (χ3n) is 1.22. The Balaban J connectivity index is 0.000000490. The molecule has 0 aliphatic carbocycles. The van der Waals surface area contributed by atoms with Crippen molar-refractivity contribution in [2.24, 2.45) is 0 Å². The number of aryl methyl sites for hydroxylation is 2. The maximum Gasteiger partial charge on any atom is 0.00372 e. The summed E-state index contributed by atoms with van der Waals surface area (Å²) in [4.78, 5) is 3.00. The van der Waals surface area contributed by atoms with Crippen LogP contribution in [0.25, 0.3) is 0 Å². The minimum Gasteiger partial charge on any atom is -0.367 e. The van der Waals surface area contributed by atoms with E-state index in [0.29, 0.717) is 0 Å². The van der Waals surface area contributed by atoms with Crippen LogP contribution >= 0.6 is 0 Å². The van der Waals surface area contributed by atoms with Gasteiger partial charge in [-0.2, -0.15) is 0 Å². The second-order valence-corrected chi connectivity index (χ2v) is 1.82. The number of aromatic nitrogens is 1. The van der Waals surface area contributed by atoms with E-state index in [1.807, 2.05) is 12.4 Å². The van der Waals surface area contributed by atoms with E-state index in [0.717, 1.165) is 0 Å². The van der Waals surface area contributed by atoms with E-state index in [-0.39, 0.29) is 29.6 Å². The van der Waals surface area contributed by atoms with Gasteiger partial charge in [0.15, 0.2) is 0 Å². The first-order chi connectivity index (χ1) is 3.30. The van der Waals surface area contributed by atoms with Gasteiger partial charge in [-0.25, -0.2) is 0 Å². The van der Waals surface area contributed by atoms with Crippen LogP contribution in [0.2, 0.25) is 0 Å². The zero-order chi connectivity index (χ0) is 5.28. The number of hydrogen-bond acceptors (Lipinski definition) is 0. The van der Waals surface area contributed by atoms with Crippen molar-refractivity contribution in [2.75, 3.05) is 0 Å². The monoisotopic (exact) mass is 118 g/mol. The van der Waals surface area contributed by atoms with Gasteiger partial charge in [0.1, 0.15) is 0 Å². The molecule has 0 spiro atoms. The maximum atomic E-state index is 3.00. The summed E-state index contributed by atoms with van der Waals surface area (Å²) in [5, 5.41) is 0. The third-order valence-corrected chi connectivity index (χ3v) is 1.22. The van der Waals surface area contributed by atoms with Crippen molar-refractivity contribution in [1.29, 1.82) is 0 Å². The van der Waals surface area contributed by atoms with Gasteiger partial charge in [-0.1, -0.05) is 0 Å². The van der Waals surface area contributed by atoms with Crippen molar-refractivity contribution in [3.63, 3.8) is 0 Å². The molecule has 0 aliphatic rings. The van der Waals surface area contributed by atoms with E-state index in [1.165, 1.54) is 11.1 Å². The second-order valence-electron chi connectivity index (χ2n) is 1.82. The van der Waals surface area contributed by atoms with Crippen molar-refractivity contribution in [2.45, 2.75) is 13.8 Å². The molecular formula is C6H9NNa. The van der Waals surface area contributed by atoms with E-state index in [2.05, 4.69) is 18.8 Å². The van der Waals surface area contributed by atoms with Gasteiger partial charge in [0.05, 0.1) is 0 Å². The third kappa shape index (κ3) is 1.66. The van der Waals surface area contributed by atoms with Gasteiger partial charge in [-0.15, -0.1) is 0 Å². The van der Waals surface area contributed by atoms with Crippen molar-refractivity contribution >= 4 is 29.6 Å². The van der Waals surface area contributed by atoms with Crippen LogP contribution in [-0.2, 0) is 0 Å². The zero-order valence-electron chi connectivity index (χ0n) is 5.65. The Labute approximate surface area is 71.8 Å². The van der Waals surface area contributed by atoms with Crippen LogP contribution in [0, 0.1) is 13.8 Å². The van der Waals surface area contributed by atoms with Crippen LogP contribution in [0.4, 0.5) is 0 Å². The summed E-state index contributed by atoms with van der Waals surface area (Å²) in [5.41, 5.74) is 2.67. The number of aromatic amines is 1. The molecule has 0 amide bonds. The molecule has 1 N–H and O–H groups in total. The average molecular weight is 118 g/mol. The summed E-state index contributed by atoms with van der Waals surface area (Å²) >= 11 is 0. The van der Waals surface area contributed by atoms with E-state index in [9.17, 15) is 0 Å². The topological polar surface area (TPSA) is 15.8 Å². The molecule has 1 aromatic rings.